The van der Waals surface area contributed by atoms with Crippen LogP contribution in [0.2, 0.25) is 0 Å². The van der Waals surface area contributed by atoms with Crippen molar-refractivity contribution in [3.63, 3.8) is 0 Å². The molecule has 7 nitrogen and oxygen atoms in total. The van der Waals surface area contributed by atoms with E-state index < -0.39 is 0 Å². The second-order valence-corrected chi connectivity index (χ2v) is 6.49. The van der Waals surface area contributed by atoms with Gasteiger partial charge in [-0.1, -0.05) is 0 Å². The van der Waals surface area contributed by atoms with Crippen molar-refractivity contribution in [1.82, 2.24) is 25.0 Å². The van der Waals surface area contributed by atoms with Gasteiger partial charge in [-0.25, -0.2) is 4.98 Å². The molecule has 7 heteroatoms. The smallest absolute Gasteiger partial charge is 0.236 e. The monoisotopic (exact) mass is 306 g/mol. The van der Waals surface area contributed by atoms with Crippen LogP contribution in [0.25, 0.3) is 0 Å². The SMILES string of the molecule is NC[C@@H]1CCCN1C(=O)CNC1CCC(Cn2cncn2)C1. The first-order valence-electron chi connectivity index (χ1n) is 8.31. The quantitative estimate of drug-likeness (QED) is 0.771. The van der Waals surface area contributed by atoms with Crippen LogP contribution in [-0.4, -0.2) is 57.3 Å². The second kappa shape index (κ2) is 7.19. The molecule has 3 N–H and O–H groups in total. The minimum atomic E-state index is 0.202. The Labute approximate surface area is 131 Å². The van der Waals surface area contributed by atoms with Gasteiger partial charge in [-0.3, -0.25) is 9.48 Å². The van der Waals surface area contributed by atoms with Crippen molar-refractivity contribution in [3.05, 3.63) is 12.7 Å². The number of hydrogen-bond donors (Lipinski definition) is 2. The Bertz CT molecular complexity index is 476. The maximum absolute atomic E-state index is 12.3. The third-order valence-electron chi connectivity index (χ3n) is 4.96. The zero-order chi connectivity index (χ0) is 15.4. The molecule has 1 saturated carbocycles. The molecule has 3 atom stereocenters. The lowest BCUT2D eigenvalue weighted by atomic mass is 10.1. The largest absolute Gasteiger partial charge is 0.337 e. The molecule has 1 aliphatic heterocycles. The van der Waals surface area contributed by atoms with Crippen LogP contribution in [0.4, 0.5) is 0 Å². The number of carbonyl (C=O) groups excluding carboxylic acids is 1. The minimum Gasteiger partial charge on any atom is -0.337 e. The molecular weight excluding hydrogens is 280 g/mol. The third kappa shape index (κ3) is 3.64. The maximum atomic E-state index is 12.3. The number of rotatable bonds is 6. The maximum Gasteiger partial charge on any atom is 0.236 e. The van der Waals surface area contributed by atoms with Gasteiger partial charge in [0.25, 0.3) is 0 Å². The molecule has 3 rings (SSSR count). The van der Waals surface area contributed by atoms with Crippen molar-refractivity contribution in [2.45, 2.75) is 50.7 Å². The normalized spacial score (nSPS) is 28.4. The van der Waals surface area contributed by atoms with Gasteiger partial charge in [0.05, 0.1) is 6.54 Å². The zero-order valence-electron chi connectivity index (χ0n) is 13.0. The number of nitrogens with two attached hydrogens (primary N) is 1. The van der Waals surface area contributed by atoms with E-state index in [-0.39, 0.29) is 11.9 Å². The Morgan fingerprint density at radius 2 is 2.27 bits per heavy atom. The fourth-order valence-electron chi connectivity index (χ4n) is 3.76. The first-order valence-corrected chi connectivity index (χ1v) is 8.31. The van der Waals surface area contributed by atoms with E-state index in [1.165, 1.54) is 6.42 Å². The van der Waals surface area contributed by atoms with Crippen molar-refractivity contribution in [2.24, 2.45) is 11.7 Å². The van der Waals surface area contributed by atoms with Crippen LogP contribution in [0.5, 0.6) is 0 Å². The minimum absolute atomic E-state index is 0.202. The molecule has 0 aromatic carbocycles. The van der Waals surface area contributed by atoms with E-state index in [4.69, 9.17) is 5.73 Å². The van der Waals surface area contributed by atoms with Gasteiger partial charge in [0, 0.05) is 31.7 Å². The lowest BCUT2D eigenvalue weighted by molar-refractivity contribution is -0.131. The Kier molecular flexibility index (Phi) is 5.04. The number of nitrogens with one attached hydrogen (secondary N) is 1. The van der Waals surface area contributed by atoms with Crippen molar-refractivity contribution in [2.75, 3.05) is 19.6 Å². The topological polar surface area (TPSA) is 89.1 Å². The molecule has 1 aromatic heterocycles. The summed E-state index contributed by atoms with van der Waals surface area (Å²) in [7, 11) is 0. The summed E-state index contributed by atoms with van der Waals surface area (Å²) in [6.07, 6.45) is 8.89. The summed E-state index contributed by atoms with van der Waals surface area (Å²) < 4.78 is 1.90. The number of likely N-dealkylation sites (tertiary alicyclic amines) is 1. The van der Waals surface area contributed by atoms with E-state index in [2.05, 4.69) is 15.4 Å². The summed E-state index contributed by atoms with van der Waals surface area (Å²) in [4.78, 5) is 18.2. The number of amides is 1. The molecule has 2 unspecified atom stereocenters. The molecule has 1 amide bonds. The van der Waals surface area contributed by atoms with E-state index in [0.29, 0.717) is 25.0 Å². The highest BCUT2D eigenvalue weighted by molar-refractivity contribution is 5.79. The summed E-state index contributed by atoms with van der Waals surface area (Å²) in [5, 5.41) is 7.60. The van der Waals surface area contributed by atoms with Crippen molar-refractivity contribution in [3.8, 4) is 0 Å². The van der Waals surface area contributed by atoms with Crippen molar-refractivity contribution in [1.29, 1.82) is 0 Å². The van der Waals surface area contributed by atoms with Crippen molar-refractivity contribution < 1.29 is 4.79 Å². The molecule has 2 heterocycles. The summed E-state index contributed by atoms with van der Waals surface area (Å²) in [5.74, 6) is 0.825. The van der Waals surface area contributed by atoms with Gasteiger partial charge in [0.1, 0.15) is 12.7 Å². The fourth-order valence-corrected chi connectivity index (χ4v) is 3.76. The fraction of sp³-hybridized carbons (Fsp3) is 0.800. The standard InChI is InChI=1S/C15H26N6O/c16-7-14-2-1-5-21(14)15(22)8-18-13-4-3-12(6-13)9-20-11-17-10-19-20/h10-14,18H,1-9,16H2/t12?,13?,14-/m0/s1. The van der Waals surface area contributed by atoms with Crippen LogP contribution < -0.4 is 11.1 Å². The van der Waals surface area contributed by atoms with Gasteiger partial charge in [-0.15, -0.1) is 0 Å². The van der Waals surface area contributed by atoms with Crippen LogP contribution in [0, 0.1) is 5.92 Å². The highest BCUT2D eigenvalue weighted by Crippen LogP contribution is 2.26. The lowest BCUT2D eigenvalue weighted by Gasteiger charge is -2.24. The van der Waals surface area contributed by atoms with Gasteiger partial charge in [0.15, 0.2) is 0 Å². The Hall–Kier alpha value is -1.47. The highest BCUT2D eigenvalue weighted by Gasteiger charge is 2.29. The Morgan fingerprint density at radius 1 is 1.36 bits per heavy atom. The van der Waals surface area contributed by atoms with E-state index in [1.54, 1.807) is 12.7 Å². The third-order valence-corrected chi connectivity index (χ3v) is 4.96. The van der Waals surface area contributed by atoms with E-state index in [9.17, 15) is 4.79 Å². The molecule has 0 bridgehead atoms. The first-order chi connectivity index (χ1) is 10.8. The van der Waals surface area contributed by atoms with Crippen LogP contribution >= 0.6 is 0 Å². The molecule has 0 radical (unpaired) electrons. The molecule has 1 aliphatic carbocycles. The molecule has 122 valence electrons. The Morgan fingerprint density at radius 3 is 3.05 bits per heavy atom. The predicted molar refractivity (Wildman–Crippen MR) is 82.9 cm³/mol. The van der Waals surface area contributed by atoms with Crippen LogP contribution in [-0.2, 0) is 11.3 Å². The van der Waals surface area contributed by atoms with Gasteiger partial charge in [0.2, 0.25) is 5.91 Å². The zero-order valence-corrected chi connectivity index (χ0v) is 13.0. The number of hydrogen-bond acceptors (Lipinski definition) is 5. The van der Waals surface area contributed by atoms with Crippen LogP contribution in [0.1, 0.15) is 32.1 Å². The second-order valence-electron chi connectivity index (χ2n) is 6.49. The molecule has 22 heavy (non-hydrogen) atoms. The molecule has 1 aromatic rings. The molecule has 2 aliphatic rings. The molecular formula is C15H26N6O. The average Bonchev–Trinajstić information content (AvgIpc) is 3.26. The number of aromatic nitrogens is 3. The summed E-state index contributed by atoms with van der Waals surface area (Å²) in [6.45, 7) is 2.81. The number of carbonyl (C=O) groups is 1. The van der Waals surface area contributed by atoms with E-state index in [1.807, 2.05) is 9.58 Å². The molecule has 2 fully saturated rings. The predicted octanol–water partition coefficient (Wildman–Crippen LogP) is -0.0139. The van der Waals surface area contributed by atoms with Gasteiger partial charge in [-0.05, 0) is 38.0 Å². The summed E-state index contributed by atoms with van der Waals surface area (Å²) in [6, 6.07) is 0.689. The molecule has 0 spiro atoms. The Balaban J connectivity index is 1.40. The van der Waals surface area contributed by atoms with E-state index >= 15 is 0 Å². The number of nitrogens with zero attached hydrogens (tertiary/aromatic N) is 4. The van der Waals surface area contributed by atoms with Crippen LogP contribution in [0.3, 0.4) is 0 Å². The highest BCUT2D eigenvalue weighted by atomic mass is 16.2. The van der Waals surface area contributed by atoms with Crippen molar-refractivity contribution >= 4 is 5.91 Å². The lowest BCUT2D eigenvalue weighted by Crippen LogP contribution is -2.45. The van der Waals surface area contributed by atoms with Gasteiger partial charge >= 0.3 is 0 Å². The van der Waals surface area contributed by atoms with Gasteiger partial charge < -0.3 is 16.0 Å². The van der Waals surface area contributed by atoms with E-state index in [0.717, 1.165) is 38.8 Å². The summed E-state index contributed by atoms with van der Waals surface area (Å²) >= 11 is 0. The summed E-state index contributed by atoms with van der Waals surface area (Å²) in [5.41, 5.74) is 5.74. The molecule has 1 saturated heterocycles. The van der Waals surface area contributed by atoms with Crippen LogP contribution in [0.15, 0.2) is 12.7 Å². The first kappa shape index (κ1) is 15.4. The average molecular weight is 306 g/mol. The van der Waals surface area contributed by atoms with Gasteiger partial charge in [-0.2, -0.15) is 5.10 Å².